The van der Waals surface area contributed by atoms with Gasteiger partial charge in [0.05, 0.1) is 14.2 Å². The Morgan fingerprint density at radius 2 is 1.86 bits per heavy atom. The van der Waals surface area contributed by atoms with Gasteiger partial charge in [-0.15, -0.1) is 0 Å². The lowest BCUT2D eigenvalue weighted by Crippen LogP contribution is -2.39. The van der Waals surface area contributed by atoms with E-state index in [1.807, 2.05) is 19.9 Å². The number of hydrogen-bond acceptors (Lipinski definition) is 3. The van der Waals surface area contributed by atoms with Gasteiger partial charge >= 0.3 is 0 Å². The average Bonchev–Trinajstić information content (AvgIpc) is 2.59. The summed E-state index contributed by atoms with van der Waals surface area (Å²) in [6.45, 7) is 10.9. The molecule has 2 rings (SSSR count). The summed E-state index contributed by atoms with van der Waals surface area (Å²) in [5.74, 6) is 1.78. The van der Waals surface area contributed by atoms with Crippen molar-refractivity contribution in [2.75, 3.05) is 27.3 Å². The van der Waals surface area contributed by atoms with Crippen molar-refractivity contribution in [3.8, 4) is 11.5 Å². The van der Waals surface area contributed by atoms with Crippen molar-refractivity contribution >= 4 is 0 Å². The second-order valence-electron chi connectivity index (χ2n) is 5.46. The molecule has 0 fully saturated rings. The topological polar surface area (TPSA) is 21.7 Å². The minimum atomic E-state index is 0.672. The van der Waals surface area contributed by atoms with Gasteiger partial charge in [0.1, 0.15) is 0 Å². The molecule has 0 radical (unpaired) electrons. The highest BCUT2D eigenvalue weighted by atomic mass is 16.5. The summed E-state index contributed by atoms with van der Waals surface area (Å²) >= 11 is 0. The molecule has 1 aromatic carbocycles. The molecule has 0 aromatic heterocycles. The van der Waals surface area contributed by atoms with Crippen LogP contribution < -0.4 is 9.47 Å². The third kappa shape index (κ3) is 4.16. The molecule has 0 heterocycles. The number of fused-ring (bicyclic) bond motifs is 1. The zero-order valence-corrected chi connectivity index (χ0v) is 15.2. The number of hydrogen-bond donors (Lipinski definition) is 0. The van der Waals surface area contributed by atoms with Crippen LogP contribution in [0.2, 0.25) is 0 Å². The molecular formula is C19H33NO2. The molecule has 0 spiro atoms. The summed E-state index contributed by atoms with van der Waals surface area (Å²) in [5, 5.41) is 0. The monoisotopic (exact) mass is 307 g/mol. The van der Waals surface area contributed by atoms with E-state index in [1.54, 1.807) is 14.2 Å². The van der Waals surface area contributed by atoms with E-state index < -0.39 is 0 Å². The third-order valence-corrected chi connectivity index (χ3v) is 4.36. The molecule has 0 saturated heterocycles. The molecule has 3 nitrogen and oxygen atoms in total. The zero-order valence-electron chi connectivity index (χ0n) is 15.2. The summed E-state index contributed by atoms with van der Waals surface area (Å²) in [6, 6.07) is 4.92. The fourth-order valence-electron chi connectivity index (χ4n) is 3.36. The number of rotatable bonds is 6. The molecule has 0 amide bonds. The first-order chi connectivity index (χ1) is 10.7. The van der Waals surface area contributed by atoms with Crippen LogP contribution in [-0.4, -0.2) is 38.3 Å². The van der Waals surface area contributed by atoms with Crippen LogP contribution in [0.25, 0.3) is 0 Å². The largest absolute Gasteiger partial charge is 0.493 e. The second kappa shape index (κ2) is 9.73. The standard InChI is InChI=1S/C17H27NO2.C2H6/c1-5-11-18(6-2)14-8-9-15-13(12-14)7-10-16(19-3)17(15)20-4;1-2/h7,10,14H,5-6,8-9,11-12H2,1-4H3;1-2H3/t14-;/m0./s1. The minimum Gasteiger partial charge on any atom is -0.493 e. The van der Waals surface area contributed by atoms with Gasteiger partial charge in [-0.25, -0.2) is 0 Å². The Bertz CT molecular complexity index is 445. The van der Waals surface area contributed by atoms with Crippen LogP contribution in [0.15, 0.2) is 12.1 Å². The first-order valence-corrected chi connectivity index (χ1v) is 8.71. The van der Waals surface area contributed by atoms with Gasteiger partial charge in [0.15, 0.2) is 11.5 Å². The lowest BCUT2D eigenvalue weighted by molar-refractivity contribution is 0.188. The van der Waals surface area contributed by atoms with Crippen LogP contribution >= 0.6 is 0 Å². The van der Waals surface area contributed by atoms with Gasteiger partial charge in [-0.05, 0) is 50.4 Å². The van der Waals surface area contributed by atoms with E-state index >= 15 is 0 Å². The van der Waals surface area contributed by atoms with Crippen LogP contribution in [0, 0.1) is 0 Å². The van der Waals surface area contributed by atoms with Crippen LogP contribution in [0.1, 0.15) is 51.7 Å². The molecule has 0 unspecified atom stereocenters. The highest BCUT2D eigenvalue weighted by Gasteiger charge is 2.26. The Morgan fingerprint density at radius 1 is 1.14 bits per heavy atom. The molecular weight excluding hydrogens is 274 g/mol. The summed E-state index contributed by atoms with van der Waals surface area (Å²) in [6.07, 6.45) is 4.65. The first kappa shape index (κ1) is 18.8. The predicted molar refractivity (Wildman–Crippen MR) is 94.2 cm³/mol. The molecule has 0 aliphatic heterocycles. The highest BCUT2D eigenvalue weighted by Crippen LogP contribution is 2.38. The van der Waals surface area contributed by atoms with Crippen LogP contribution in [0.3, 0.4) is 0 Å². The van der Waals surface area contributed by atoms with E-state index in [-0.39, 0.29) is 0 Å². The molecule has 0 bridgehead atoms. The maximum atomic E-state index is 5.57. The fourth-order valence-corrected chi connectivity index (χ4v) is 3.36. The van der Waals surface area contributed by atoms with Crippen molar-refractivity contribution < 1.29 is 9.47 Å². The number of methoxy groups -OCH3 is 2. The van der Waals surface area contributed by atoms with Crippen molar-refractivity contribution in [1.82, 2.24) is 4.90 Å². The number of likely N-dealkylation sites (N-methyl/N-ethyl adjacent to an activating group) is 1. The van der Waals surface area contributed by atoms with Gasteiger partial charge < -0.3 is 14.4 Å². The zero-order chi connectivity index (χ0) is 16.5. The van der Waals surface area contributed by atoms with Crippen LogP contribution in [0.5, 0.6) is 11.5 Å². The van der Waals surface area contributed by atoms with Crippen molar-refractivity contribution in [2.45, 2.75) is 59.4 Å². The number of ether oxygens (including phenoxy) is 2. The van der Waals surface area contributed by atoms with Crippen LogP contribution in [-0.2, 0) is 12.8 Å². The summed E-state index contributed by atoms with van der Waals surface area (Å²) in [4.78, 5) is 2.61. The second-order valence-corrected chi connectivity index (χ2v) is 5.46. The van der Waals surface area contributed by atoms with E-state index in [9.17, 15) is 0 Å². The van der Waals surface area contributed by atoms with Crippen LogP contribution in [0.4, 0.5) is 0 Å². The Hall–Kier alpha value is -1.22. The first-order valence-electron chi connectivity index (χ1n) is 8.71. The van der Waals surface area contributed by atoms with Gasteiger partial charge in [0.25, 0.3) is 0 Å². The normalized spacial score (nSPS) is 16.6. The van der Waals surface area contributed by atoms with Crippen molar-refractivity contribution in [1.29, 1.82) is 0 Å². The highest BCUT2D eigenvalue weighted by molar-refractivity contribution is 5.52. The van der Waals surface area contributed by atoms with E-state index in [0.29, 0.717) is 6.04 Å². The van der Waals surface area contributed by atoms with E-state index in [1.165, 1.54) is 30.5 Å². The fraction of sp³-hybridized carbons (Fsp3) is 0.684. The number of benzene rings is 1. The van der Waals surface area contributed by atoms with E-state index in [4.69, 9.17) is 9.47 Å². The quantitative estimate of drug-likeness (QED) is 0.781. The van der Waals surface area contributed by atoms with Crippen molar-refractivity contribution in [2.24, 2.45) is 0 Å². The lowest BCUT2D eigenvalue weighted by atomic mass is 9.86. The van der Waals surface area contributed by atoms with Crippen molar-refractivity contribution in [3.63, 3.8) is 0 Å². The molecule has 126 valence electrons. The third-order valence-electron chi connectivity index (χ3n) is 4.36. The van der Waals surface area contributed by atoms with Gasteiger partial charge in [-0.3, -0.25) is 0 Å². The van der Waals surface area contributed by atoms with Gasteiger partial charge in [-0.1, -0.05) is 33.8 Å². The maximum absolute atomic E-state index is 5.57. The van der Waals surface area contributed by atoms with Crippen molar-refractivity contribution in [3.05, 3.63) is 23.3 Å². The summed E-state index contributed by atoms with van der Waals surface area (Å²) < 4.78 is 11.0. The molecule has 3 heteroatoms. The smallest absolute Gasteiger partial charge is 0.164 e. The SMILES string of the molecule is CC.CCCN(CC)[C@H]1CCc2c(ccc(OC)c2OC)C1. The van der Waals surface area contributed by atoms with Gasteiger partial charge in [0, 0.05) is 11.6 Å². The average molecular weight is 307 g/mol. The number of nitrogens with zero attached hydrogens (tertiary/aromatic N) is 1. The molecule has 1 aromatic rings. The predicted octanol–water partition coefficient (Wildman–Crippen LogP) is 4.32. The summed E-state index contributed by atoms with van der Waals surface area (Å²) in [5.41, 5.74) is 2.77. The van der Waals surface area contributed by atoms with E-state index in [2.05, 4.69) is 24.8 Å². The Kier molecular flexibility index (Phi) is 8.32. The molecule has 1 aliphatic rings. The summed E-state index contributed by atoms with van der Waals surface area (Å²) in [7, 11) is 3.44. The molecule has 1 aliphatic carbocycles. The van der Waals surface area contributed by atoms with Gasteiger partial charge in [0.2, 0.25) is 0 Å². The Labute approximate surface area is 136 Å². The molecule has 0 saturated carbocycles. The maximum Gasteiger partial charge on any atom is 0.164 e. The Morgan fingerprint density at radius 3 is 2.41 bits per heavy atom. The molecule has 1 atom stereocenters. The van der Waals surface area contributed by atoms with E-state index in [0.717, 1.165) is 30.9 Å². The Balaban J connectivity index is 0.00000116. The molecule has 0 N–H and O–H groups in total. The molecule has 22 heavy (non-hydrogen) atoms. The van der Waals surface area contributed by atoms with Gasteiger partial charge in [-0.2, -0.15) is 0 Å². The lowest BCUT2D eigenvalue weighted by Gasteiger charge is -2.35. The minimum absolute atomic E-state index is 0.672.